The van der Waals surface area contributed by atoms with Crippen molar-refractivity contribution < 1.29 is 0 Å². The molecule has 4 saturated carbocycles. The van der Waals surface area contributed by atoms with Gasteiger partial charge in [-0.15, -0.1) is 0 Å². The van der Waals surface area contributed by atoms with Crippen LogP contribution in [0.25, 0.3) is 0 Å². The summed E-state index contributed by atoms with van der Waals surface area (Å²) in [6.07, 6.45) is 16.9. The van der Waals surface area contributed by atoms with Gasteiger partial charge in [-0.2, -0.15) is 0 Å². The highest BCUT2D eigenvalue weighted by Gasteiger charge is 2.59. The van der Waals surface area contributed by atoms with Gasteiger partial charge in [0.1, 0.15) is 0 Å². The number of hydrogen-bond donors (Lipinski definition) is 0. The van der Waals surface area contributed by atoms with Crippen molar-refractivity contribution in [1.82, 2.24) is 4.90 Å². The Kier molecular flexibility index (Phi) is 4.55. The van der Waals surface area contributed by atoms with Crippen molar-refractivity contribution in [2.45, 2.75) is 84.5 Å². The predicted molar refractivity (Wildman–Crippen MR) is 103 cm³/mol. The van der Waals surface area contributed by atoms with Crippen molar-refractivity contribution in [3.05, 3.63) is 0 Å². The molecule has 0 N–H and O–H groups in total. The fraction of sp³-hybridized carbons (Fsp3) is 1.00. The molecule has 0 saturated heterocycles. The summed E-state index contributed by atoms with van der Waals surface area (Å²) in [7, 11) is 4.49. The molecule has 4 aliphatic rings. The average molecular weight is 332 g/mol. The lowest BCUT2D eigenvalue weighted by Gasteiger charge is -2.60. The van der Waals surface area contributed by atoms with Crippen LogP contribution in [-0.4, -0.2) is 25.5 Å². The molecule has 0 amide bonds. The third kappa shape index (κ3) is 2.60. The first-order valence-electron chi connectivity index (χ1n) is 11.1. The van der Waals surface area contributed by atoms with E-state index in [0.717, 1.165) is 29.6 Å². The predicted octanol–water partition coefficient (Wildman–Crippen LogP) is 5.99. The van der Waals surface area contributed by atoms with Gasteiger partial charge in [-0.1, -0.05) is 26.7 Å². The van der Waals surface area contributed by atoms with E-state index in [0.29, 0.717) is 10.8 Å². The molecule has 0 radical (unpaired) electrons. The van der Waals surface area contributed by atoms with Crippen molar-refractivity contribution in [1.29, 1.82) is 0 Å². The number of hydrogen-bond acceptors (Lipinski definition) is 1. The Balaban J connectivity index is 1.53. The maximum absolute atomic E-state index is 2.72. The third-order valence-electron chi connectivity index (χ3n) is 9.70. The number of fused-ring (bicyclic) bond motifs is 5. The molecule has 1 nitrogen and oxygen atoms in total. The Hall–Kier alpha value is -0.0400. The third-order valence-corrected chi connectivity index (χ3v) is 9.70. The van der Waals surface area contributed by atoms with E-state index in [1.807, 2.05) is 0 Å². The molecule has 0 aromatic rings. The summed E-state index contributed by atoms with van der Waals surface area (Å²) in [4.78, 5) is 2.40. The molecule has 7 atom stereocenters. The molecule has 4 rings (SSSR count). The van der Waals surface area contributed by atoms with Crippen LogP contribution in [-0.2, 0) is 0 Å². The second-order valence-corrected chi connectivity index (χ2v) is 10.8. The zero-order valence-corrected chi connectivity index (χ0v) is 16.8. The fourth-order valence-electron chi connectivity index (χ4n) is 8.29. The summed E-state index contributed by atoms with van der Waals surface area (Å²) < 4.78 is 0. The van der Waals surface area contributed by atoms with Crippen LogP contribution in [0.1, 0.15) is 84.5 Å². The summed E-state index contributed by atoms with van der Waals surface area (Å²) >= 11 is 0. The summed E-state index contributed by atoms with van der Waals surface area (Å²) in [5.74, 6) is 5.28. The zero-order chi connectivity index (χ0) is 16.9. The number of rotatable bonds is 3. The summed E-state index contributed by atoms with van der Waals surface area (Å²) in [5.41, 5.74) is 1.39. The molecule has 0 aliphatic heterocycles. The molecule has 24 heavy (non-hydrogen) atoms. The van der Waals surface area contributed by atoms with Gasteiger partial charge in [-0.25, -0.2) is 0 Å². The monoisotopic (exact) mass is 331 g/mol. The van der Waals surface area contributed by atoms with Crippen LogP contribution in [0.5, 0.6) is 0 Å². The van der Waals surface area contributed by atoms with Gasteiger partial charge in [-0.3, -0.25) is 0 Å². The van der Waals surface area contributed by atoms with Crippen molar-refractivity contribution in [3.63, 3.8) is 0 Å². The van der Waals surface area contributed by atoms with Crippen LogP contribution in [0.4, 0.5) is 0 Å². The highest BCUT2D eigenvalue weighted by Crippen LogP contribution is 2.67. The normalized spacial score (nSPS) is 51.1. The van der Waals surface area contributed by atoms with Crippen LogP contribution < -0.4 is 0 Å². The summed E-state index contributed by atoms with van der Waals surface area (Å²) in [6.45, 7) is 6.71. The van der Waals surface area contributed by atoms with E-state index >= 15 is 0 Å². The maximum Gasteiger partial charge on any atom is -0.00220 e. The smallest absolute Gasteiger partial charge is 0.00220 e. The van der Waals surface area contributed by atoms with Gasteiger partial charge in [0.15, 0.2) is 0 Å². The lowest BCUT2D eigenvalue weighted by atomic mass is 9.45. The molecule has 0 heterocycles. The Morgan fingerprint density at radius 2 is 1.58 bits per heavy atom. The second-order valence-electron chi connectivity index (χ2n) is 10.8. The Morgan fingerprint density at radius 3 is 2.38 bits per heavy atom. The fourth-order valence-corrected chi connectivity index (χ4v) is 8.29. The van der Waals surface area contributed by atoms with Gasteiger partial charge >= 0.3 is 0 Å². The second kappa shape index (κ2) is 6.29. The lowest BCUT2D eigenvalue weighted by molar-refractivity contribution is -0.111. The van der Waals surface area contributed by atoms with E-state index in [9.17, 15) is 0 Å². The highest BCUT2D eigenvalue weighted by atomic mass is 15.0. The average Bonchev–Trinajstić information content (AvgIpc) is 2.89. The van der Waals surface area contributed by atoms with E-state index in [-0.39, 0.29) is 0 Å². The first-order chi connectivity index (χ1) is 11.4. The van der Waals surface area contributed by atoms with Crippen LogP contribution in [0.3, 0.4) is 0 Å². The van der Waals surface area contributed by atoms with Crippen molar-refractivity contribution in [2.75, 3.05) is 20.6 Å². The topological polar surface area (TPSA) is 3.24 Å². The molecule has 138 valence electrons. The van der Waals surface area contributed by atoms with Gasteiger partial charge in [0.05, 0.1) is 0 Å². The molecular weight excluding hydrogens is 290 g/mol. The molecule has 0 aromatic heterocycles. The van der Waals surface area contributed by atoms with E-state index in [4.69, 9.17) is 0 Å². The minimum absolute atomic E-state index is 0.676. The molecular formula is C23H41N. The maximum atomic E-state index is 2.72. The zero-order valence-electron chi connectivity index (χ0n) is 16.8. The minimum atomic E-state index is 0.676. The standard InChI is InChI=1S/C23H41N/c1-22-14-6-5-7-17(22)8-10-19-20-11-9-18(13-16-24(3)4)23(20,2)15-12-21(19)22/h17-21H,5-16H2,1-4H3/t17?,18-,19+,20+,21+,22+,23-/m1/s1. The van der Waals surface area contributed by atoms with E-state index in [1.54, 1.807) is 44.9 Å². The Bertz CT molecular complexity index is 457. The van der Waals surface area contributed by atoms with Crippen LogP contribution in [0, 0.1) is 40.4 Å². The molecule has 1 unspecified atom stereocenters. The summed E-state index contributed by atoms with van der Waals surface area (Å²) in [5, 5.41) is 0. The molecule has 4 aliphatic carbocycles. The van der Waals surface area contributed by atoms with Crippen molar-refractivity contribution in [3.8, 4) is 0 Å². The molecule has 0 aromatic carbocycles. The number of nitrogens with zero attached hydrogens (tertiary/aromatic N) is 1. The van der Waals surface area contributed by atoms with Gasteiger partial charge in [0, 0.05) is 0 Å². The lowest BCUT2D eigenvalue weighted by Crippen LogP contribution is -2.52. The van der Waals surface area contributed by atoms with Gasteiger partial charge in [-0.05, 0) is 119 Å². The first-order valence-corrected chi connectivity index (χ1v) is 11.1. The van der Waals surface area contributed by atoms with E-state index < -0.39 is 0 Å². The summed E-state index contributed by atoms with van der Waals surface area (Å²) in [6, 6.07) is 0. The van der Waals surface area contributed by atoms with Gasteiger partial charge < -0.3 is 4.90 Å². The Morgan fingerprint density at radius 1 is 0.792 bits per heavy atom. The van der Waals surface area contributed by atoms with Gasteiger partial charge in [0.25, 0.3) is 0 Å². The molecule has 0 bridgehead atoms. The van der Waals surface area contributed by atoms with Gasteiger partial charge in [0.2, 0.25) is 0 Å². The quantitative estimate of drug-likeness (QED) is 0.614. The molecule has 4 fully saturated rings. The first kappa shape index (κ1) is 17.4. The Labute approximate surface area is 151 Å². The van der Waals surface area contributed by atoms with Crippen LogP contribution in [0.15, 0.2) is 0 Å². The van der Waals surface area contributed by atoms with Crippen molar-refractivity contribution in [2.24, 2.45) is 40.4 Å². The largest absolute Gasteiger partial charge is 0.309 e. The van der Waals surface area contributed by atoms with E-state index in [2.05, 4.69) is 32.8 Å². The van der Waals surface area contributed by atoms with Crippen LogP contribution >= 0.6 is 0 Å². The molecule has 0 spiro atoms. The minimum Gasteiger partial charge on any atom is -0.309 e. The van der Waals surface area contributed by atoms with E-state index in [1.165, 1.54) is 32.2 Å². The SMILES string of the molecule is CN(C)CC[C@H]1CC[C@H]2[C@@H]3CCC4CCCC[C@]4(C)[C@H]3CC[C@]12C. The van der Waals surface area contributed by atoms with Crippen molar-refractivity contribution >= 4 is 0 Å². The highest BCUT2D eigenvalue weighted by molar-refractivity contribution is 5.08. The van der Waals surface area contributed by atoms with Crippen LogP contribution in [0.2, 0.25) is 0 Å². The molecule has 1 heteroatoms.